The average Bonchev–Trinajstić information content (AvgIpc) is 2.94. The number of hydrogen-bond donors (Lipinski definition) is 0. The maximum atomic E-state index is 11.2. The van der Waals surface area contributed by atoms with Crippen LogP contribution < -0.4 is 69.1 Å². The second kappa shape index (κ2) is 30.8. The number of rotatable bonds is 28. The van der Waals surface area contributed by atoms with Gasteiger partial charge in [-0.05, 0) is 50.3 Å². The number of benzene rings is 1. The number of hydrogen-bond acceptors (Lipinski definition) is 7. The van der Waals surface area contributed by atoms with Crippen LogP contribution in [0.2, 0.25) is 0 Å². The van der Waals surface area contributed by atoms with Crippen molar-refractivity contribution in [3.63, 3.8) is 0 Å². The quantitative estimate of drug-likeness (QED) is 0.0785. The summed E-state index contributed by atoms with van der Waals surface area (Å²) in [5.74, 6) is 1.14. The SMILES string of the molecule is CCCCCCC[C@@H](SCCCCCCCCCCCCc1ccccc1)[C@H](C)OCCCOP(=O)([O-])C(=O)[O-].[Na+].[Na+]. The van der Waals surface area contributed by atoms with Gasteiger partial charge in [0.15, 0.2) is 7.60 Å². The van der Waals surface area contributed by atoms with E-state index in [0.29, 0.717) is 18.3 Å². The predicted molar refractivity (Wildman–Crippen MR) is 165 cm³/mol. The Labute approximate surface area is 305 Å². The minimum absolute atomic E-state index is 0. The standard InChI is InChI=1S/C32H57O6PS.2Na/c1-3-4-5-12-19-25-31(29(2)37-26-21-27-38-39(35,36)32(33)34)40-28-20-14-11-9-7-6-8-10-13-16-22-30-23-17-15-18-24-30;;/h15,17-18,23-24,29,31H,3-14,16,19-22,25-28H2,1-2H3,(H,33,34)(H,35,36);;/q;2*+1/p-2/t29-,31+;;/m0../s1. The summed E-state index contributed by atoms with van der Waals surface area (Å²) in [6.45, 7) is 4.45. The molecule has 6 nitrogen and oxygen atoms in total. The van der Waals surface area contributed by atoms with Crippen LogP contribution in [-0.4, -0.2) is 36.0 Å². The molecular formula is C32H55Na2O6PS. The van der Waals surface area contributed by atoms with Crippen LogP contribution in [-0.2, 0) is 20.2 Å². The molecule has 0 aliphatic heterocycles. The van der Waals surface area contributed by atoms with Gasteiger partial charge in [-0.15, -0.1) is 0 Å². The first kappa shape index (κ1) is 45.3. The Morgan fingerprint density at radius 2 is 1.36 bits per heavy atom. The fraction of sp³-hybridized carbons (Fsp3) is 0.781. The van der Waals surface area contributed by atoms with E-state index in [1.807, 2.05) is 11.8 Å². The summed E-state index contributed by atoms with van der Waals surface area (Å²) < 4.78 is 21.6. The van der Waals surface area contributed by atoms with Crippen LogP contribution >= 0.6 is 19.4 Å². The van der Waals surface area contributed by atoms with Gasteiger partial charge in [0.25, 0.3) is 0 Å². The molecule has 0 bridgehead atoms. The third kappa shape index (κ3) is 25.4. The van der Waals surface area contributed by atoms with Gasteiger partial charge in [-0.3, -0.25) is 0 Å². The van der Waals surface area contributed by atoms with E-state index in [0.717, 1.165) is 12.2 Å². The summed E-state index contributed by atoms with van der Waals surface area (Å²) in [6, 6.07) is 10.8. The van der Waals surface area contributed by atoms with Crippen molar-refractivity contribution < 1.29 is 87.7 Å². The Morgan fingerprint density at radius 1 is 0.810 bits per heavy atom. The summed E-state index contributed by atoms with van der Waals surface area (Å²) in [4.78, 5) is 21.7. The average molecular weight is 645 g/mol. The van der Waals surface area contributed by atoms with Gasteiger partial charge in [0.05, 0.1) is 12.7 Å². The van der Waals surface area contributed by atoms with Crippen molar-refractivity contribution >= 4 is 25.1 Å². The van der Waals surface area contributed by atoms with Gasteiger partial charge in [-0.1, -0.05) is 121 Å². The minimum atomic E-state index is -4.92. The summed E-state index contributed by atoms with van der Waals surface area (Å²) in [7, 11) is -4.92. The van der Waals surface area contributed by atoms with E-state index in [1.165, 1.54) is 108 Å². The van der Waals surface area contributed by atoms with Crippen LogP contribution in [0.3, 0.4) is 0 Å². The summed E-state index contributed by atoms with van der Waals surface area (Å²) in [6.07, 6.45) is 22.2. The molecule has 1 unspecified atom stereocenters. The molecule has 1 rings (SSSR count). The van der Waals surface area contributed by atoms with Crippen molar-refractivity contribution in [1.82, 2.24) is 0 Å². The van der Waals surface area contributed by atoms with Gasteiger partial charge in [0.1, 0.15) is 5.71 Å². The van der Waals surface area contributed by atoms with Crippen molar-refractivity contribution in [2.75, 3.05) is 19.0 Å². The first-order chi connectivity index (χ1) is 19.4. The smallest absolute Gasteiger partial charge is 0.774 e. The molecule has 0 radical (unpaired) electrons. The number of ether oxygens (including phenoxy) is 1. The zero-order valence-corrected chi connectivity index (χ0v) is 32.9. The van der Waals surface area contributed by atoms with Crippen molar-refractivity contribution in [2.24, 2.45) is 0 Å². The number of aryl methyl sites for hydroxylation is 1. The van der Waals surface area contributed by atoms with Gasteiger partial charge in [-0.25, -0.2) is 0 Å². The third-order valence-electron chi connectivity index (χ3n) is 7.30. The Hall–Kier alpha value is 1.15. The summed E-state index contributed by atoms with van der Waals surface area (Å²) >= 11 is 2.01. The summed E-state index contributed by atoms with van der Waals surface area (Å²) in [5.41, 5.74) is -0.717. The summed E-state index contributed by atoms with van der Waals surface area (Å²) in [5, 5.41) is 10.9. The fourth-order valence-corrected chi connectivity index (χ4v) is 6.63. The maximum Gasteiger partial charge on any atom is 1.00 e. The van der Waals surface area contributed by atoms with Gasteiger partial charge < -0.3 is 28.6 Å². The van der Waals surface area contributed by atoms with Crippen LogP contribution in [0, 0.1) is 0 Å². The zero-order valence-electron chi connectivity index (χ0n) is 27.2. The molecule has 0 aliphatic rings. The molecule has 10 heteroatoms. The van der Waals surface area contributed by atoms with E-state index in [-0.39, 0.29) is 71.8 Å². The van der Waals surface area contributed by atoms with Crippen LogP contribution in [0.1, 0.15) is 129 Å². The molecule has 0 heterocycles. The first-order valence-corrected chi connectivity index (χ1v) is 18.4. The molecular weight excluding hydrogens is 589 g/mol. The van der Waals surface area contributed by atoms with E-state index in [4.69, 9.17) is 4.74 Å². The molecule has 0 saturated carbocycles. The minimum Gasteiger partial charge on any atom is -0.774 e. The Kier molecular flexibility index (Phi) is 33.2. The molecule has 0 N–H and O–H groups in total. The van der Waals surface area contributed by atoms with Gasteiger partial charge >= 0.3 is 59.1 Å². The van der Waals surface area contributed by atoms with Crippen molar-refractivity contribution in [2.45, 2.75) is 141 Å². The fourth-order valence-electron chi connectivity index (χ4n) is 4.80. The molecule has 42 heavy (non-hydrogen) atoms. The third-order valence-corrected chi connectivity index (χ3v) is 9.85. The first-order valence-electron chi connectivity index (χ1n) is 15.8. The van der Waals surface area contributed by atoms with E-state index < -0.39 is 13.3 Å². The molecule has 232 valence electrons. The van der Waals surface area contributed by atoms with Crippen molar-refractivity contribution in [3.8, 4) is 0 Å². The maximum absolute atomic E-state index is 11.2. The Morgan fingerprint density at radius 3 is 1.95 bits per heavy atom. The molecule has 1 aromatic carbocycles. The van der Waals surface area contributed by atoms with Crippen LogP contribution in [0.4, 0.5) is 4.79 Å². The number of carboxylic acid groups (broad SMARTS) is 1. The number of carbonyl (C=O) groups is 1. The number of carbonyl (C=O) groups excluding carboxylic acids is 1. The largest absolute Gasteiger partial charge is 1.00 e. The van der Waals surface area contributed by atoms with Crippen LogP contribution in [0.25, 0.3) is 0 Å². The predicted octanol–water partition coefficient (Wildman–Crippen LogP) is 2.31. The van der Waals surface area contributed by atoms with E-state index in [1.54, 1.807) is 0 Å². The Bertz CT molecular complexity index is 790. The van der Waals surface area contributed by atoms with Gasteiger partial charge in [-0.2, -0.15) is 11.8 Å². The monoisotopic (exact) mass is 644 g/mol. The molecule has 3 atom stereocenters. The molecule has 1 aromatic rings. The topological polar surface area (TPSA) is 98.7 Å². The normalized spacial score (nSPS) is 13.9. The molecule has 0 aromatic heterocycles. The van der Waals surface area contributed by atoms with E-state index in [9.17, 15) is 19.4 Å². The van der Waals surface area contributed by atoms with E-state index in [2.05, 4.69) is 48.7 Å². The number of thioether (sulfide) groups is 1. The van der Waals surface area contributed by atoms with Gasteiger partial charge in [0.2, 0.25) is 0 Å². The van der Waals surface area contributed by atoms with Gasteiger partial charge in [0, 0.05) is 11.9 Å². The van der Waals surface area contributed by atoms with E-state index >= 15 is 0 Å². The van der Waals surface area contributed by atoms with Crippen molar-refractivity contribution in [3.05, 3.63) is 35.9 Å². The zero-order chi connectivity index (χ0) is 29.3. The molecule has 0 aliphatic carbocycles. The molecule has 0 saturated heterocycles. The van der Waals surface area contributed by atoms with Crippen LogP contribution in [0.15, 0.2) is 30.3 Å². The second-order valence-corrected chi connectivity index (χ2v) is 13.9. The van der Waals surface area contributed by atoms with Crippen LogP contribution in [0.5, 0.6) is 0 Å². The molecule has 0 fully saturated rings. The van der Waals surface area contributed by atoms with Crippen molar-refractivity contribution in [1.29, 1.82) is 0 Å². The second-order valence-electron chi connectivity index (χ2n) is 10.9. The molecule has 0 spiro atoms. The Balaban J connectivity index is 0. The number of unbranched alkanes of at least 4 members (excludes halogenated alkanes) is 13. The molecule has 0 amide bonds.